The molecule has 1 heterocycles. The minimum atomic E-state index is -0.660. The summed E-state index contributed by atoms with van der Waals surface area (Å²) >= 11 is 0. The van der Waals surface area contributed by atoms with Crippen molar-refractivity contribution < 1.29 is 9.53 Å². The van der Waals surface area contributed by atoms with Crippen LogP contribution in [0.5, 0.6) is 0 Å². The molecule has 1 rings (SSSR count). The minimum Gasteiger partial charge on any atom is -0.460 e. The smallest absolute Gasteiger partial charge is 0.377 e. The second-order valence-corrected chi connectivity index (χ2v) is 2.28. The second-order valence-electron chi connectivity index (χ2n) is 2.28. The average molecular weight is 213 g/mol. The molecule has 0 aliphatic rings. The van der Waals surface area contributed by atoms with Gasteiger partial charge in [0, 0.05) is 0 Å². The van der Waals surface area contributed by atoms with Gasteiger partial charge in [0.25, 0.3) is 0 Å². The number of hydrazone groups is 1. The topological polar surface area (TPSA) is 130 Å². The molecule has 1 aromatic rings. The molecule has 0 aromatic carbocycles. The summed E-state index contributed by atoms with van der Waals surface area (Å²) in [4.78, 5) is 14.9. The Bertz CT molecular complexity index is 333. The third-order valence-corrected chi connectivity index (χ3v) is 1.31. The number of anilines is 1. The number of nitrogens with one attached hydrogen (secondary N) is 3. The van der Waals surface area contributed by atoms with Gasteiger partial charge in [-0.05, 0) is 6.92 Å². The van der Waals surface area contributed by atoms with Gasteiger partial charge < -0.3 is 10.6 Å². The third kappa shape index (κ3) is 3.14. The van der Waals surface area contributed by atoms with Gasteiger partial charge in [-0.1, -0.05) is 0 Å². The summed E-state index contributed by atoms with van der Waals surface area (Å²) in [6.45, 7) is 1.91. The Kier molecular flexibility index (Phi) is 3.89. The maximum atomic E-state index is 11.2. The van der Waals surface area contributed by atoms with Crippen LogP contribution in [0.1, 0.15) is 6.92 Å². The highest BCUT2D eigenvalue weighted by Gasteiger charge is 2.11. The Labute approximate surface area is 85.1 Å². The van der Waals surface area contributed by atoms with E-state index in [0.717, 1.165) is 0 Å². The molecule has 0 fully saturated rings. The maximum Gasteiger partial charge on any atom is 0.377 e. The Morgan fingerprint density at radius 1 is 1.80 bits per heavy atom. The van der Waals surface area contributed by atoms with Crippen molar-refractivity contribution >= 4 is 17.8 Å². The van der Waals surface area contributed by atoms with E-state index in [-0.39, 0.29) is 12.4 Å². The monoisotopic (exact) mass is 213 g/mol. The van der Waals surface area contributed by atoms with E-state index in [2.05, 4.69) is 35.9 Å². The van der Waals surface area contributed by atoms with Crippen molar-refractivity contribution in [2.75, 3.05) is 12.0 Å². The number of aromatic nitrogens is 3. The van der Waals surface area contributed by atoms with Crippen LogP contribution in [0.25, 0.3) is 0 Å². The Balaban J connectivity index is 2.45. The lowest BCUT2D eigenvalue weighted by Crippen LogP contribution is -2.38. The first-order valence-corrected chi connectivity index (χ1v) is 4.10. The van der Waals surface area contributed by atoms with Crippen LogP contribution in [0.15, 0.2) is 11.4 Å². The Morgan fingerprint density at radius 2 is 2.60 bits per heavy atom. The van der Waals surface area contributed by atoms with Crippen molar-refractivity contribution in [3.05, 3.63) is 6.33 Å². The molecule has 15 heavy (non-hydrogen) atoms. The predicted octanol–water partition coefficient (Wildman–Crippen LogP) is -1.44. The summed E-state index contributed by atoms with van der Waals surface area (Å²) < 4.78 is 4.67. The summed E-state index contributed by atoms with van der Waals surface area (Å²) in [5, 5.41) is 9.30. The standard InChI is InChI=1S/C6H11N7O2/c1-2-15-5(14)4(10-7)11-13-6-8-3-9-12-6/h3H,2,7H2,1H3,(H,10,11)(H2,8,9,12,13). The van der Waals surface area contributed by atoms with Crippen molar-refractivity contribution in [1.82, 2.24) is 20.6 Å². The molecule has 0 atom stereocenters. The van der Waals surface area contributed by atoms with Crippen LogP contribution >= 0.6 is 0 Å². The molecule has 0 aliphatic carbocycles. The number of rotatable bonds is 3. The average Bonchev–Trinajstić information content (AvgIpc) is 2.72. The van der Waals surface area contributed by atoms with Crippen LogP contribution in [-0.4, -0.2) is 33.6 Å². The van der Waals surface area contributed by atoms with Gasteiger partial charge in [-0.15, -0.1) is 0 Å². The highest BCUT2D eigenvalue weighted by molar-refractivity contribution is 6.35. The van der Waals surface area contributed by atoms with E-state index in [1.165, 1.54) is 6.33 Å². The van der Waals surface area contributed by atoms with Gasteiger partial charge in [0.2, 0.25) is 11.8 Å². The van der Waals surface area contributed by atoms with E-state index >= 15 is 0 Å². The lowest BCUT2D eigenvalue weighted by Gasteiger charge is -2.07. The van der Waals surface area contributed by atoms with Gasteiger partial charge in [-0.3, -0.25) is 10.9 Å². The number of carbonyl (C=O) groups is 1. The number of esters is 1. The maximum absolute atomic E-state index is 11.2. The number of amidine groups is 1. The summed E-state index contributed by atoms with van der Waals surface area (Å²) in [5.41, 5.74) is 4.95. The largest absolute Gasteiger partial charge is 0.460 e. The molecule has 0 spiro atoms. The van der Waals surface area contributed by atoms with Crippen LogP contribution in [-0.2, 0) is 9.53 Å². The molecule has 0 saturated heterocycles. The van der Waals surface area contributed by atoms with E-state index < -0.39 is 5.97 Å². The fraction of sp³-hybridized carbons (Fsp3) is 0.333. The number of carbonyl (C=O) groups excluding carboxylic acids is 1. The number of hydrazine groups is 1. The van der Waals surface area contributed by atoms with Crippen LogP contribution in [0.3, 0.4) is 0 Å². The molecule has 0 saturated carbocycles. The van der Waals surface area contributed by atoms with Gasteiger partial charge in [-0.2, -0.15) is 15.2 Å². The SMILES string of the molecule is CCOC(=O)/C(=N\N)NNc1ncn[nH]1. The first-order valence-electron chi connectivity index (χ1n) is 4.10. The normalized spacial score (nSPS) is 10.9. The quantitative estimate of drug-likeness (QED) is 0.159. The third-order valence-electron chi connectivity index (χ3n) is 1.31. The van der Waals surface area contributed by atoms with Crippen molar-refractivity contribution in [2.24, 2.45) is 10.9 Å². The van der Waals surface area contributed by atoms with E-state index in [4.69, 9.17) is 5.84 Å². The molecule has 5 N–H and O–H groups in total. The van der Waals surface area contributed by atoms with Crippen LogP contribution in [0.4, 0.5) is 5.95 Å². The Hall–Kier alpha value is -2.32. The predicted molar refractivity (Wildman–Crippen MR) is 51.4 cm³/mol. The molecule has 82 valence electrons. The zero-order valence-corrected chi connectivity index (χ0v) is 8.02. The van der Waals surface area contributed by atoms with E-state index in [0.29, 0.717) is 5.95 Å². The fourth-order valence-corrected chi connectivity index (χ4v) is 0.720. The Morgan fingerprint density at radius 3 is 3.13 bits per heavy atom. The van der Waals surface area contributed by atoms with Crippen molar-refractivity contribution in [2.45, 2.75) is 6.92 Å². The number of nitrogens with two attached hydrogens (primary N) is 1. The number of aromatic amines is 1. The molecule has 0 radical (unpaired) electrons. The summed E-state index contributed by atoms with van der Waals surface area (Å²) in [5.74, 6) is 4.48. The first kappa shape index (κ1) is 10.8. The minimum absolute atomic E-state index is 0.159. The number of hydrogen-bond donors (Lipinski definition) is 4. The molecule has 0 amide bonds. The molecule has 9 heteroatoms. The van der Waals surface area contributed by atoms with Gasteiger partial charge in [0.1, 0.15) is 6.33 Å². The lowest BCUT2D eigenvalue weighted by molar-refractivity contribution is -0.135. The van der Waals surface area contributed by atoms with E-state index in [1.54, 1.807) is 6.92 Å². The van der Waals surface area contributed by atoms with E-state index in [1.807, 2.05) is 0 Å². The lowest BCUT2D eigenvalue weighted by atomic mass is 10.6. The van der Waals surface area contributed by atoms with E-state index in [9.17, 15) is 4.79 Å². The molecule has 0 bridgehead atoms. The zero-order valence-electron chi connectivity index (χ0n) is 8.02. The second kappa shape index (κ2) is 5.42. The number of nitrogens with zero attached hydrogens (tertiary/aromatic N) is 3. The van der Waals surface area contributed by atoms with Gasteiger partial charge in [0.05, 0.1) is 6.61 Å². The highest BCUT2D eigenvalue weighted by atomic mass is 16.5. The molecular weight excluding hydrogens is 202 g/mol. The number of ether oxygens (including phenoxy) is 1. The molecule has 0 unspecified atom stereocenters. The number of hydrogen-bond acceptors (Lipinski definition) is 7. The summed E-state index contributed by atoms with van der Waals surface area (Å²) in [6.07, 6.45) is 1.30. The van der Waals surface area contributed by atoms with Crippen LogP contribution in [0, 0.1) is 0 Å². The van der Waals surface area contributed by atoms with Crippen LogP contribution in [0.2, 0.25) is 0 Å². The highest BCUT2D eigenvalue weighted by Crippen LogP contribution is 1.88. The summed E-state index contributed by atoms with van der Waals surface area (Å²) in [7, 11) is 0. The van der Waals surface area contributed by atoms with Gasteiger partial charge in [0.15, 0.2) is 0 Å². The van der Waals surface area contributed by atoms with Crippen molar-refractivity contribution in [1.29, 1.82) is 0 Å². The van der Waals surface area contributed by atoms with Crippen molar-refractivity contribution in [3.8, 4) is 0 Å². The van der Waals surface area contributed by atoms with Crippen LogP contribution < -0.4 is 16.7 Å². The van der Waals surface area contributed by atoms with Gasteiger partial charge in [-0.25, -0.2) is 9.89 Å². The zero-order chi connectivity index (χ0) is 11.1. The fourth-order valence-electron chi connectivity index (χ4n) is 0.720. The van der Waals surface area contributed by atoms with Crippen molar-refractivity contribution in [3.63, 3.8) is 0 Å². The molecule has 1 aromatic heterocycles. The molecular formula is C6H11N7O2. The summed E-state index contributed by atoms with van der Waals surface area (Å²) in [6, 6.07) is 0. The number of H-pyrrole nitrogens is 1. The first-order chi connectivity index (χ1) is 7.27. The molecule has 9 nitrogen and oxygen atoms in total. The van der Waals surface area contributed by atoms with Gasteiger partial charge >= 0.3 is 5.97 Å². The molecule has 0 aliphatic heterocycles.